The fraction of sp³-hybridized carbons (Fsp3) is 0.278. The molecule has 0 fully saturated rings. The van der Waals surface area contributed by atoms with Crippen molar-refractivity contribution in [3.05, 3.63) is 52.0 Å². The number of halogens is 1. The van der Waals surface area contributed by atoms with Gasteiger partial charge in [-0.15, -0.1) is 0 Å². The van der Waals surface area contributed by atoms with Crippen molar-refractivity contribution in [3.8, 4) is 11.5 Å². The fourth-order valence-corrected chi connectivity index (χ4v) is 2.54. The van der Waals surface area contributed by atoms with Crippen molar-refractivity contribution >= 4 is 27.5 Å². The van der Waals surface area contributed by atoms with Crippen molar-refractivity contribution in [2.45, 2.75) is 26.9 Å². The van der Waals surface area contributed by atoms with Gasteiger partial charge in [-0.2, -0.15) is 0 Å². The highest BCUT2D eigenvalue weighted by molar-refractivity contribution is 9.10. The molecule has 2 aromatic carbocycles. The summed E-state index contributed by atoms with van der Waals surface area (Å²) in [7, 11) is 1.57. The van der Waals surface area contributed by atoms with Crippen LogP contribution in [-0.2, 0) is 0 Å². The molecule has 0 saturated heterocycles. The second-order valence-corrected chi connectivity index (χ2v) is 6.30. The first-order chi connectivity index (χ1) is 10.9. The molecule has 0 aliphatic rings. The van der Waals surface area contributed by atoms with Crippen molar-refractivity contribution in [1.29, 1.82) is 0 Å². The summed E-state index contributed by atoms with van der Waals surface area (Å²) in [6, 6.07) is 10.9. The number of methoxy groups -OCH3 is 1. The van der Waals surface area contributed by atoms with Crippen LogP contribution in [0.4, 0.5) is 5.69 Å². The predicted octanol–water partition coefficient (Wildman–Crippen LogP) is 4.81. The van der Waals surface area contributed by atoms with Crippen molar-refractivity contribution in [1.82, 2.24) is 0 Å². The number of hydrogen-bond acceptors (Lipinski definition) is 3. The van der Waals surface area contributed by atoms with Crippen LogP contribution in [0.25, 0.3) is 0 Å². The molecular weight excluding hydrogens is 358 g/mol. The first kappa shape index (κ1) is 17.3. The number of nitrogens with one attached hydrogen (secondary N) is 1. The lowest BCUT2D eigenvalue weighted by Crippen LogP contribution is -2.14. The molecule has 0 aromatic heterocycles. The molecule has 4 nitrogen and oxygen atoms in total. The van der Waals surface area contributed by atoms with Gasteiger partial charge in [0, 0.05) is 10.2 Å². The minimum atomic E-state index is -0.198. The number of anilines is 1. The third kappa shape index (κ3) is 4.48. The van der Waals surface area contributed by atoms with Crippen LogP contribution in [0.2, 0.25) is 0 Å². The lowest BCUT2D eigenvalue weighted by atomic mass is 10.1. The molecule has 122 valence electrons. The SMILES string of the molecule is COc1ccc(Br)c(C(=O)Nc2ccc(OC(C)C)cc2C)c1. The molecule has 5 heteroatoms. The zero-order valence-electron chi connectivity index (χ0n) is 13.6. The van der Waals surface area contributed by atoms with Crippen LogP contribution >= 0.6 is 15.9 Å². The second-order valence-electron chi connectivity index (χ2n) is 5.44. The molecule has 0 unspecified atom stereocenters. The van der Waals surface area contributed by atoms with E-state index in [1.807, 2.05) is 39.0 Å². The third-order valence-corrected chi connectivity index (χ3v) is 3.93. The highest BCUT2D eigenvalue weighted by Crippen LogP contribution is 2.26. The molecule has 0 aliphatic carbocycles. The van der Waals surface area contributed by atoms with Gasteiger partial charge in [0.2, 0.25) is 0 Å². The van der Waals surface area contributed by atoms with E-state index in [1.165, 1.54) is 0 Å². The lowest BCUT2D eigenvalue weighted by Gasteiger charge is -2.14. The summed E-state index contributed by atoms with van der Waals surface area (Å²) in [6.45, 7) is 5.89. The Balaban J connectivity index is 2.20. The van der Waals surface area contributed by atoms with E-state index in [4.69, 9.17) is 9.47 Å². The quantitative estimate of drug-likeness (QED) is 0.813. The van der Waals surface area contributed by atoms with Crippen molar-refractivity contribution in [2.75, 3.05) is 12.4 Å². The maximum Gasteiger partial charge on any atom is 0.256 e. The molecular formula is C18H20BrNO3. The van der Waals surface area contributed by atoms with Crippen LogP contribution < -0.4 is 14.8 Å². The van der Waals surface area contributed by atoms with Crippen molar-refractivity contribution < 1.29 is 14.3 Å². The van der Waals surface area contributed by atoms with Crippen LogP contribution in [-0.4, -0.2) is 19.1 Å². The van der Waals surface area contributed by atoms with Gasteiger partial charge >= 0.3 is 0 Å². The number of ether oxygens (including phenoxy) is 2. The van der Waals surface area contributed by atoms with Crippen LogP contribution in [0.1, 0.15) is 29.8 Å². The Labute approximate surface area is 144 Å². The first-order valence-electron chi connectivity index (χ1n) is 7.33. The molecule has 0 aliphatic heterocycles. The Hall–Kier alpha value is -2.01. The zero-order valence-corrected chi connectivity index (χ0v) is 15.2. The average Bonchev–Trinajstić information content (AvgIpc) is 2.49. The van der Waals surface area contributed by atoms with Crippen LogP contribution in [0.15, 0.2) is 40.9 Å². The third-order valence-electron chi connectivity index (χ3n) is 3.24. The van der Waals surface area contributed by atoms with Crippen LogP contribution in [0, 0.1) is 6.92 Å². The highest BCUT2D eigenvalue weighted by Gasteiger charge is 2.13. The zero-order chi connectivity index (χ0) is 17.0. The summed E-state index contributed by atoms with van der Waals surface area (Å²) in [5, 5.41) is 2.92. The summed E-state index contributed by atoms with van der Waals surface area (Å²) >= 11 is 3.39. The minimum absolute atomic E-state index is 0.114. The normalized spacial score (nSPS) is 10.5. The summed E-state index contributed by atoms with van der Waals surface area (Å²) in [5.41, 5.74) is 2.21. The van der Waals surface area contributed by atoms with E-state index in [2.05, 4.69) is 21.2 Å². The lowest BCUT2D eigenvalue weighted by molar-refractivity contribution is 0.102. The molecule has 0 saturated carbocycles. The smallest absolute Gasteiger partial charge is 0.256 e. The number of carbonyl (C=O) groups is 1. The number of benzene rings is 2. The predicted molar refractivity (Wildman–Crippen MR) is 95.6 cm³/mol. The average molecular weight is 378 g/mol. The number of amides is 1. The van der Waals surface area contributed by atoms with Crippen molar-refractivity contribution in [2.24, 2.45) is 0 Å². The monoisotopic (exact) mass is 377 g/mol. The van der Waals surface area contributed by atoms with Gasteiger partial charge < -0.3 is 14.8 Å². The van der Waals surface area contributed by atoms with E-state index in [9.17, 15) is 4.79 Å². The maximum absolute atomic E-state index is 12.5. The van der Waals surface area contributed by atoms with Gasteiger partial charge in [0.1, 0.15) is 11.5 Å². The number of carbonyl (C=O) groups excluding carboxylic acids is 1. The van der Waals surface area contributed by atoms with Gasteiger partial charge in [0.25, 0.3) is 5.91 Å². The van der Waals surface area contributed by atoms with Crippen LogP contribution in [0.5, 0.6) is 11.5 Å². The van der Waals surface area contributed by atoms with E-state index in [0.717, 1.165) is 17.0 Å². The maximum atomic E-state index is 12.5. The van der Waals surface area contributed by atoms with E-state index in [0.29, 0.717) is 15.8 Å². The Morgan fingerprint density at radius 1 is 1.13 bits per heavy atom. The molecule has 0 bridgehead atoms. The molecule has 0 radical (unpaired) electrons. The molecule has 0 spiro atoms. The molecule has 0 heterocycles. The Morgan fingerprint density at radius 3 is 2.43 bits per heavy atom. The highest BCUT2D eigenvalue weighted by atomic mass is 79.9. The Morgan fingerprint density at radius 2 is 1.83 bits per heavy atom. The molecule has 2 rings (SSSR count). The minimum Gasteiger partial charge on any atom is -0.497 e. The Kier molecular flexibility index (Phi) is 5.66. The van der Waals surface area contributed by atoms with E-state index in [-0.39, 0.29) is 12.0 Å². The molecule has 1 amide bonds. The van der Waals surface area contributed by atoms with E-state index >= 15 is 0 Å². The van der Waals surface area contributed by atoms with Gasteiger partial charge in [0.05, 0.1) is 18.8 Å². The number of rotatable bonds is 5. The second kappa shape index (κ2) is 7.51. The van der Waals surface area contributed by atoms with E-state index in [1.54, 1.807) is 25.3 Å². The van der Waals surface area contributed by atoms with Crippen LogP contribution in [0.3, 0.4) is 0 Å². The topological polar surface area (TPSA) is 47.6 Å². The largest absolute Gasteiger partial charge is 0.497 e. The van der Waals surface area contributed by atoms with Gasteiger partial charge in [0.15, 0.2) is 0 Å². The first-order valence-corrected chi connectivity index (χ1v) is 8.12. The summed E-state index contributed by atoms with van der Waals surface area (Å²) in [5.74, 6) is 1.23. The van der Waals surface area contributed by atoms with Gasteiger partial charge in [-0.1, -0.05) is 0 Å². The summed E-state index contributed by atoms with van der Waals surface area (Å²) in [6.07, 6.45) is 0.114. The molecule has 0 atom stereocenters. The molecule has 23 heavy (non-hydrogen) atoms. The van der Waals surface area contributed by atoms with Gasteiger partial charge in [-0.25, -0.2) is 0 Å². The van der Waals surface area contributed by atoms with Gasteiger partial charge in [-0.3, -0.25) is 4.79 Å². The molecule has 2 aromatic rings. The number of hydrogen-bond donors (Lipinski definition) is 1. The molecule has 1 N–H and O–H groups in total. The fourth-order valence-electron chi connectivity index (χ4n) is 2.12. The number of aryl methyl sites for hydroxylation is 1. The standard InChI is InChI=1S/C18H20BrNO3/c1-11(2)23-14-6-8-17(12(3)9-14)20-18(21)15-10-13(22-4)5-7-16(15)19/h5-11H,1-4H3,(H,20,21). The van der Waals surface area contributed by atoms with E-state index < -0.39 is 0 Å². The van der Waals surface area contributed by atoms with Gasteiger partial charge in [-0.05, 0) is 78.7 Å². The Bertz CT molecular complexity index is 713. The summed E-state index contributed by atoms with van der Waals surface area (Å²) < 4.78 is 11.5. The van der Waals surface area contributed by atoms with Crippen molar-refractivity contribution in [3.63, 3.8) is 0 Å². The summed E-state index contributed by atoms with van der Waals surface area (Å²) in [4.78, 5) is 12.5.